The van der Waals surface area contributed by atoms with E-state index in [0.717, 1.165) is 0 Å². The number of hydrogen-bond acceptors (Lipinski definition) is 5. The lowest BCUT2D eigenvalue weighted by Gasteiger charge is -2.34. The van der Waals surface area contributed by atoms with E-state index in [4.69, 9.17) is 15.7 Å². The molecule has 0 bridgehead atoms. The van der Waals surface area contributed by atoms with Crippen LogP contribution >= 0.6 is 0 Å². The molecule has 0 radical (unpaired) electrons. The zero-order valence-electron chi connectivity index (χ0n) is 14.1. The van der Waals surface area contributed by atoms with Crippen LogP contribution in [0.2, 0.25) is 0 Å². The standard InChI is InChI=1S/C18H14F4N4O/c1-3-6-26-10(2)16(27-9-24)15(13(8-23)17(26)25)12-7-11(18(20,21)22)4-5-14(12)19/h3-5,7,15H,1,6,25H2,2H3. The number of nitrogens with zero attached hydrogens (tertiary/aromatic N) is 3. The molecule has 9 heteroatoms. The Morgan fingerprint density at radius 3 is 2.56 bits per heavy atom. The second kappa shape index (κ2) is 7.42. The van der Waals surface area contributed by atoms with Crippen molar-refractivity contribution in [1.82, 2.24) is 4.90 Å². The quantitative estimate of drug-likeness (QED) is 0.489. The summed E-state index contributed by atoms with van der Waals surface area (Å²) in [7, 11) is 0. The molecule has 1 unspecified atom stereocenters. The molecule has 0 saturated carbocycles. The molecule has 1 aromatic rings. The predicted octanol–water partition coefficient (Wildman–Crippen LogP) is 3.85. The van der Waals surface area contributed by atoms with Gasteiger partial charge in [0.2, 0.25) is 0 Å². The molecule has 27 heavy (non-hydrogen) atoms. The molecule has 5 nitrogen and oxygen atoms in total. The fraction of sp³-hybridized carbons (Fsp3) is 0.222. The Balaban J connectivity index is 2.78. The molecular formula is C18H14F4N4O. The summed E-state index contributed by atoms with van der Waals surface area (Å²) < 4.78 is 58.6. The van der Waals surface area contributed by atoms with Gasteiger partial charge in [0.1, 0.15) is 11.6 Å². The van der Waals surface area contributed by atoms with Crippen molar-refractivity contribution < 1.29 is 22.3 Å². The predicted molar refractivity (Wildman–Crippen MR) is 87.3 cm³/mol. The molecule has 1 atom stereocenters. The number of ether oxygens (including phenoxy) is 1. The molecule has 0 amide bonds. The number of rotatable bonds is 4. The number of allylic oxidation sites excluding steroid dienone is 2. The molecule has 2 rings (SSSR count). The maximum absolute atomic E-state index is 14.4. The highest BCUT2D eigenvalue weighted by atomic mass is 19.4. The monoisotopic (exact) mass is 378 g/mol. The van der Waals surface area contributed by atoms with E-state index in [1.807, 2.05) is 0 Å². The first-order valence-corrected chi connectivity index (χ1v) is 7.58. The van der Waals surface area contributed by atoms with Crippen molar-refractivity contribution >= 4 is 0 Å². The maximum Gasteiger partial charge on any atom is 0.416 e. The van der Waals surface area contributed by atoms with Gasteiger partial charge in [0, 0.05) is 12.1 Å². The number of nitrogens with two attached hydrogens (primary N) is 1. The molecule has 1 aromatic carbocycles. The van der Waals surface area contributed by atoms with E-state index in [9.17, 15) is 22.8 Å². The third-order valence-electron chi connectivity index (χ3n) is 4.10. The highest BCUT2D eigenvalue weighted by molar-refractivity contribution is 5.50. The van der Waals surface area contributed by atoms with Crippen LogP contribution in [0.15, 0.2) is 53.7 Å². The minimum atomic E-state index is -4.72. The number of alkyl halides is 3. The van der Waals surface area contributed by atoms with Crippen molar-refractivity contribution in [2.24, 2.45) is 5.73 Å². The molecule has 0 aromatic heterocycles. The van der Waals surface area contributed by atoms with Gasteiger partial charge in [-0.1, -0.05) is 6.08 Å². The van der Waals surface area contributed by atoms with Gasteiger partial charge in [-0.05, 0) is 25.1 Å². The largest absolute Gasteiger partial charge is 0.416 e. The molecule has 1 aliphatic heterocycles. The van der Waals surface area contributed by atoms with Crippen LogP contribution in [0.4, 0.5) is 17.6 Å². The van der Waals surface area contributed by atoms with Crippen LogP contribution in [0.1, 0.15) is 24.0 Å². The molecule has 0 saturated heterocycles. The number of halogens is 4. The Morgan fingerprint density at radius 2 is 2.04 bits per heavy atom. The first kappa shape index (κ1) is 19.9. The molecule has 2 N–H and O–H groups in total. The van der Waals surface area contributed by atoms with Crippen LogP contribution in [0.25, 0.3) is 0 Å². The van der Waals surface area contributed by atoms with Crippen molar-refractivity contribution in [3.8, 4) is 12.3 Å². The molecule has 1 aliphatic rings. The topological polar surface area (TPSA) is 86.1 Å². The Hall–Kier alpha value is -3.46. The summed E-state index contributed by atoms with van der Waals surface area (Å²) in [5.74, 6) is -2.64. The number of nitriles is 2. The van der Waals surface area contributed by atoms with Crippen LogP contribution in [-0.4, -0.2) is 11.4 Å². The third-order valence-corrected chi connectivity index (χ3v) is 4.10. The summed E-state index contributed by atoms with van der Waals surface area (Å²) in [4.78, 5) is 1.40. The van der Waals surface area contributed by atoms with Gasteiger partial charge >= 0.3 is 6.18 Å². The van der Waals surface area contributed by atoms with Crippen molar-refractivity contribution in [1.29, 1.82) is 10.5 Å². The second-order valence-electron chi connectivity index (χ2n) is 5.62. The normalized spacial score (nSPS) is 17.4. The maximum atomic E-state index is 14.4. The molecule has 0 aliphatic carbocycles. The Bertz CT molecular complexity index is 919. The summed E-state index contributed by atoms with van der Waals surface area (Å²) in [6.45, 7) is 5.21. The van der Waals surface area contributed by atoms with Gasteiger partial charge in [0.05, 0.1) is 28.8 Å². The lowest BCUT2D eigenvalue weighted by Crippen LogP contribution is -2.35. The van der Waals surface area contributed by atoms with E-state index in [-0.39, 0.29) is 29.4 Å². The van der Waals surface area contributed by atoms with Gasteiger partial charge in [0.15, 0.2) is 5.76 Å². The smallest absolute Gasteiger partial charge is 0.390 e. The third kappa shape index (κ3) is 3.58. The van der Waals surface area contributed by atoms with Crippen molar-refractivity contribution in [3.63, 3.8) is 0 Å². The Labute approximate surface area is 152 Å². The number of benzene rings is 1. The van der Waals surface area contributed by atoms with E-state index in [1.165, 1.54) is 24.2 Å². The molecule has 140 valence electrons. The summed E-state index contributed by atoms with van der Waals surface area (Å²) in [5, 5.41) is 18.5. The van der Waals surface area contributed by atoms with Crippen LogP contribution in [0.3, 0.4) is 0 Å². The SMILES string of the molecule is C=CCN1C(C)=C(OC#N)C(c2cc(C(F)(F)F)ccc2F)C(C#N)=C1N. The fourth-order valence-electron chi connectivity index (χ4n) is 2.85. The summed E-state index contributed by atoms with van der Waals surface area (Å²) in [5.41, 5.74) is 4.45. The van der Waals surface area contributed by atoms with Crippen LogP contribution in [0.5, 0.6) is 0 Å². The van der Waals surface area contributed by atoms with E-state index in [0.29, 0.717) is 18.2 Å². The number of hydrogen-bond donors (Lipinski definition) is 1. The summed E-state index contributed by atoms with van der Waals surface area (Å²) >= 11 is 0. The second-order valence-corrected chi connectivity index (χ2v) is 5.62. The van der Waals surface area contributed by atoms with Crippen molar-refractivity contribution in [3.05, 3.63) is 70.6 Å². The average Bonchev–Trinajstić information content (AvgIpc) is 2.60. The van der Waals surface area contributed by atoms with Gasteiger partial charge in [-0.25, -0.2) is 4.39 Å². The molecular weight excluding hydrogens is 364 g/mol. The van der Waals surface area contributed by atoms with Gasteiger partial charge in [-0.3, -0.25) is 0 Å². The van der Waals surface area contributed by atoms with E-state index < -0.39 is 29.0 Å². The van der Waals surface area contributed by atoms with Crippen molar-refractivity contribution in [2.75, 3.05) is 6.54 Å². The first-order valence-electron chi connectivity index (χ1n) is 7.58. The van der Waals surface area contributed by atoms with Gasteiger partial charge < -0.3 is 15.4 Å². The molecule has 1 heterocycles. The van der Waals surface area contributed by atoms with E-state index >= 15 is 0 Å². The van der Waals surface area contributed by atoms with Gasteiger partial charge in [-0.15, -0.1) is 11.8 Å². The van der Waals surface area contributed by atoms with Crippen LogP contribution in [0, 0.1) is 28.7 Å². The minimum absolute atomic E-state index is 0.0815. The zero-order chi connectivity index (χ0) is 20.4. The summed E-state index contributed by atoms with van der Waals surface area (Å²) in [6.07, 6.45) is -1.82. The highest BCUT2D eigenvalue weighted by Gasteiger charge is 2.39. The van der Waals surface area contributed by atoms with Gasteiger partial charge in [0.25, 0.3) is 6.26 Å². The fourth-order valence-corrected chi connectivity index (χ4v) is 2.85. The Kier molecular flexibility index (Phi) is 5.46. The van der Waals surface area contributed by atoms with Crippen molar-refractivity contribution in [2.45, 2.75) is 19.0 Å². The molecule has 0 fully saturated rings. The van der Waals surface area contributed by atoms with Crippen LogP contribution in [-0.2, 0) is 10.9 Å². The highest BCUT2D eigenvalue weighted by Crippen LogP contribution is 2.43. The van der Waals surface area contributed by atoms with Crippen LogP contribution < -0.4 is 5.73 Å². The average molecular weight is 378 g/mol. The van der Waals surface area contributed by atoms with E-state index in [1.54, 1.807) is 6.07 Å². The summed E-state index contributed by atoms with van der Waals surface area (Å²) in [6, 6.07) is 3.62. The minimum Gasteiger partial charge on any atom is -0.390 e. The Morgan fingerprint density at radius 1 is 1.37 bits per heavy atom. The molecule has 0 spiro atoms. The lowest BCUT2D eigenvalue weighted by molar-refractivity contribution is -0.137. The lowest BCUT2D eigenvalue weighted by atomic mass is 9.85. The van der Waals surface area contributed by atoms with Gasteiger partial charge in [-0.2, -0.15) is 18.4 Å². The first-order chi connectivity index (χ1) is 12.7. The zero-order valence-corrected chi connectivity index (χ0v) is 14.1. The van der Waals surface area contributed by atoms with E-state index in [2.05, 4.69) is 6.58 Å².